The quantitative estimate of drug-likeness (QED) is 0.579. The van der Waals surface area contributed by atoms with E-state index in [-0.39, 0.29) is 0 Å². The van der Waals surface area contributed by atoms with Gasteiger partial charge in [-0.1, -0.05) is 22.6 Å². The lowest BCUT2D eigenvalue weighted by Gasteiger charge is -2.25. The maximum atomic E-state index is 3.17. The summed E-state index contributed by atoms with van der Waals surface area (Å²) in [7, 11) is 2.00. The molecule has 0 aliphatic carbocycles. The van der Waals surface area contributed by atoms with E-state index in [4.69, 9.17) is 0 Å². The van der Waals surface area contributed by atoms with Gasteiger partial charge in [-0.25, -0.2) is 0 Å². The van der Waals surface area contributed by atoms with Crippen LogP contribution in [-0.4, -0.2) is 42.1 Å². The SMILES string of the molecule is CNCCN(CCI)C(C)C. The summed E-state index contributed by atoms with van der Waals surface area (Å²) < 4.78 is 1.22. The van der Waals surface area contributed by atoms with Gasteiger partial charge in [-0.3, -0.25) is 4.90 Å². The Balaban J connectivity index is 3.51. The van der Waals surface area contributed by atoms with Crippen LogP contribution in [0.3, 0.4) is 0 Å². The van der Waals surface area contributed by atoms with Gasteiger partial charge in [-0.15, -0.1) is 0 Å². The van der Waals surface area contributed by atoms with E-state index in [9.17, 15) is 0 Å². The van der Waals surface area contributed by atoms with Crippen LogP contribution < -0.4 is 5.32 Å². The highest BCUT2D eigenvalue weighted by Crippen LogP contribution is 1.97. The van der Waals surface area contributed by atoms with Gasteiger partial charge >= 0.3 is 0 Å². The minimum absolute atomic E-state index is 0.679. The highest BCUT2D eigenvalue weighted by atomic mass is 127. The molecule has 2 nitrogen and oxygen atoms in total. The van der Waals surface area contributed by atoms with Crippen LogP contribution in [0.15, 0.2) is 0 Å². The van der Waals surface area contributed by atoms with Crippen LogP contribution >= 0.6 is 22.6 Å². The Morgan fingerprint density at radius 2 is 2.00 bits per heavy atom. The van der Waals surface area contributed by atoms with Crippen LogP contribution in [0.5, 0.6) is 0 Å². The van der Waals surface area contributed by atoms with Crippen molar-refractivity contribution in [2.75, 3.05) is 31.1 Å². The number of hydrogen-bond donors (Lipinski definition) is 1. The lowest BCUT2D eigenvalue weighted by molar-refractivity contribution is 0.239. The number of alkyl halides is 1. The Hall–Kier alpha value is 0.650. The van der Waals surface area contributed by atoms with Crippen molar-refractivity contribution in [3.05, 3.63) is 0 Å². The Morgan fingerprint density at radius 1 is 1.36 bits per heavy atom. The maximum absolute atomic E-state index is 3.17. The summed E-state index contributed by atoms with van der Waals surface area (Å²) >= 11 is 2.43. The number of halogens is 1. The lowest BCUT2D eigenvalue weighted by atomic mass is 10.3. The molecule has 0 aliphatic rings. The van der Waals surface area contributed by atoms with Crippen molar-refractivity contribution in [3.8, 4) is 0 Å². The molecule has 0 amide bonds. The summed E-state index contributed by atoms with van der Waals surface area (Å²) in [5, 5.41) is 3.17. The summed E-state index contributed by atoms with van der Waals surface area (Å²) in [6.07, 6.45) is 0. The first kappa shape index (κ1) is 11.6. The number of nitrogens with one attached hydrogen (secondary N) is 1. The molecule has 0 aromatic carbocycles. The Bertz CT molecular complexity index is 86.2. The van der Waals surface area contributed by atoms with E-state index >= 15 is 0 Å². The smallest absolute Gasteiger partial charge is 0.0123 e. The summed E-state index contributed by atoms with van der Waals surface area (Å²) in [6, 6.07) is 0.679. The van der Waals surface area contributed by atoms with Gasteiger partial charge in [-0.2, -0.15) is 0 Å². The second-order valence-corrected chi connectivity index (χ2v) is 4.00. The molecular formula is C8H19IN2. The van der Waals surface area contributed by atoms with E-state index < -0.39 is 0 Å². The molecule has 11 heavy (non-hydrogen) atoms. The zero-order valence-corrected chi connectivity index (χ0v) is 9.89. The van der Waals surface area contributed by atoms with E-state index in [1.807, 2.05) is 7.05 Å². The number of nitrogens with zero attached hydrogens (tertiary/aromatic N) is 1. The number of hydrogen-bond acceptors (Lipinski definition) is 2. The predicted molar refractivity (Wildman–Crippen MR) is 59.5 cm³/mol. The van der Waals surface area contributed by atoms with Gasteiger partial charge in [0.1, 0.15) is 0 Å². The van der Waals surface area contributed by atoms with Crippen LogP contribution in [0.1, 0.15) is 13.8 Å². The predicted octanol–water partition coefficient (Wildman–Crippen LogP) is 1.35. The summed E-state index contributed by atoms with van der Waals surface area (Å²) in [6.45, 7) is 7.97. The van der Waals surface area contributed by atoms with Gasteiger partial charge < -0.3 is 5.32 Å². The van der Waals surface area contributed by atoms with Crippen molar-refractivity contribution < 1.29 is 0 Å². The van der Waals surface area contributed by atoms with Crippen molar-refractivity contribution in [3.63, 3.8) is 0 Å². The van der Waals surface area contributed by atoms with E-state index in [0.717, 1.165) is 13.1 Å². The van der Waals surface area contributed by atoms with Crippen LogP contribution in [0, 0.1) is 0 Å². The van der Waals surface area contributed by atoms with Crippen molar-refractivity contribution in [1.82, 2.24) is 10.2 Å². The maximum Gasteiger partial charge on any atom is 0.0123 e. The van der Waals surface area contributed by atoms with Crippen LogP contribution in [0.25, 0.3) is 0 Å². The highest BCUT2D eigenvalue weighted by Gasteiger charge is 2.06. The normalized spacial score (nSPS) is 11.5. The first-order valence-electron chi connectivity index (χ1n) is 4.17. The van der Waals surface area contributed by atoms with E-state index in [1.165, 1.54) is 11.0 Å². The minimum Gasteiger partial charge on any atom is -0.318 e. The third kappa shape index (κ3) is 5.87. The topological polar surface area (TPSA) is 15.3 Å². The fourth-order valence-corrected chi connectivity index (χ4v) is 1.61. The largest absolute Gasteiger partial charge is 0.318 e. The monoisotopic (exact) mass is 270 g/mol. The zero-order valence-electron chi connectivity index (χ0n) is 7.73. The third-order valence-electron chi connectivity index (χ3n) is 1.75. The lowest BCUT2D eigenvalue weighted by Crippen LogP contribution is -2.37. The Morgan fingerprint density at radius 3 is 2.36 bits per heavy atom. The second kappa shape index (κ2) is 7.31. The van der Waals surface area contributed by atoms with Crippen molar-refractivity contribution >= 4 is 22.6 Å². The molecule has 0 unspecified atom stereocenters. The summed E-state index contributed by atoms with van der Waals surface area (Å²) in [5.74, 6) is 0. The average Bonchev–Trinajstić information content (AvgIpc) is 1.97. The Kier molecular flexibility index (Phi) is 7.74. The molecule has 0 saturated heterocycles. The van der Waals surface area contributed by atoms with Gasteiger partial charge in [0, 0.05) is 30.1 Å². The molecule has 0 rings (SSSR count). The van der Waals surface area contributed by atoms with Crippen molar-refractivity contribution in [2.45, 2.75) is 19.9 Å². The molecule has 0 aromatic heterocycles. The summed E-state index contributed by atoms with van der Waals surface area (Å²) in [5.41, 5.74) is 0. The van der Waals surface area contributed by atoms with Crippen molar-refractivity contribution in [1.29, 1.82) is 0 Å². The molecule has 0 fully saturated rings. The molecule has 0 saturated carbocycles. The molecule has 0 bridgehead atoms. The molecule has 0 radical (unpaired) electrons. The van der Waals surface area contributed by atoms with Gasteiger partial charge in [-0.05, 0) is 20.9 Å². The Labute approximate surface area is 83.9 Å². The first-order valence-corrected chi connectivity index (χ1v) is 5.69. The molecule has 0 atom stereocenters. The average molecular weight is 270 g/mol. The second-order valence-electron chi connectivity index (χ2n) is 2.92. The van der Waals surface area contributed by atoms with Crippen LogP contribution in [-0.2, 0) is 0 Å². The molecule has 0 aromatic rings. The van der Waals surface area contributed by atoms with Gasteiger partial charge in [0.15, 0.2) is 0 Å². The zero-order chi connectivity index (χ0) is 8.69. The van der Waals surface area contributed by atoms with Gasteiger partial charge in [0.2, 0.25) is 0 Å². The molecular weight excluding hydrogens is 251 g/mol. The van der Waals surface area contributed by atoms with E-state index in [2.05, 4.69) is 46.7 Å². The van der Waals surface area contributed by atoms with Crippen LogP contribution in [0.4, 0.5) is 0 Å². The first-order chi connectivity index (χ1) is 5.22. The van der Waals surface area contributed by atoms with E-state index in [0.29, 0.717) is 6.04 Å². The van der Waals surface area contributed by atoms with Gasteiger partial charge in [0.05, 0.1) is 0 Å². The fourth-order valence-electron chi connectivity index (χ4n) is 0.992. The number of rotatable bonds is 6. The molecule has 3 heteroatoms. The molecule has 0 spiro atoms. The minimum atomic E-state index is 0.679. The van der Waals surface area contributed by atoms with Crippen LogP contribution in [0.2, 0.25) is 0 Å². The molecule has 0 aliphatic heterocycles. The van der Waals surface area contributed by atoms with Crippen molar-refractivity contribution in [2.24, 2.45) is 0 Å². The molecule has 1 N–H and O–H groups in total. The highest BCUT2D eigenvalue weighted by molar-refractivity contribution is 14.1. The molecule has 68 valence electrons. The van der Waals surface area contributed by atoms with E-state index in [1.54, 1.807) is 0 Å². The summed E-state index contributed by atoms with van der Waals surface area (Å²) in [4.78, 5) is 2.49. The third-order valence-corrected chi connectivity index (χ3v) is 2.23. The standard InChI is InChI=1S/C8H19IN2/c1-8(2)11(6-4-9)7-5-10-3/h8,10H,4-7H2,1-3H3. The number of likely N-dealkylation sites (N-methyl/N-ethyl adjacent to an activating group) is 1. The molecule has 0 heterocycles. The fraction of sp³-hybridized carbons (Fsp3) is 1.00. The van der Waals surface area contributed by atoms with Gasteiger partial charge in [0.25, 0.3) is 0 Å².